The van der Waals surface area contributed by atoms with Crippen molar-refractivity contribution in [2.75, 3.05) is 48.4 Å². The second kappa shape index (κ2) is 7.01. The summed E-state index contributed by atoms with van der Waals surface area (Å²) in [6.07, 6.45) is 4.30. The molecule has 1 aliphatic carbocycles. The fourth-order valence-corrected chi connectivity index (χ4v) is 4.42. The van der Waals surface area contributed by atoms with E-state index in [1.807, 2.05) is 4.90 Å². The number of hydrogen-bond acceptors (Lipinski definition) is 8. The summed E-state index contributed by atoms with van der Waals surface area (Å²) in [6, 6.07) is -0.200. The number of alkyl halides is 2. The Kier molecular flexibility index (Phi) is 4.45. The highest BCUT2D eigenvalue weighted by Gasteiger charge is 2.44. The van der Waals surface area contributed by atoms with Crippen molar-refractivity contribution in [3.63, 3.8) is 0 Å². The van der Waals surface area contributed by atoms with Gasteiger partial charge in [0.1, 0.15) is 5.82 Å². The van der Waals surface area contributed by atoms with Crippen LogP contribution in [0.4, 0.5) is 26.5 Å². The van der Waals surface area contributed by atoms with Crippen LogP contribution in [0.25, 0.3) is 11.3 Å². The Balaban J connectivity index is 1.57. The van der Waals surface area contributed by atoms with Crippen LogP contribution in [0.2, 0.25) is 0 Å². The number of fused-ring (bicyclic) bond motifs is 1. The predicted molar refractivity (Wildman–Crippen MR) is 104 cm³/mol. The van der Waals surface area contributed by atoms with Gasteiger partial charge in [0.15, 0.2) is 0 Å². The van der Waals surface area contributed by atoms with Crippen LogP contribution in [0.15, 0.2) is 12.4 Å². The molecule has 2 fully saturated rings. The molecule has 5 rings (SSSR count). The Morgan fingerprint density at radius 1 is 1.10 bits per heavy atom. The third kappa shape index (κ3) is 3.45. The molecule has 1 saturated carbocycles. The molecule has 0 radical (unpaired) electrons. The van der Waals surface area contributed by atoms with E-state index < -0.39 is 5.92 Å². The summed E-state index contributed by atoms with van der Waals surface area (Å²) in [4.78, 5) is 22.0. The molecule has 4 heterocycles. The molecule has 8 nitrogen and oxygen atoms in total. The van der Waals surface area contributed by atoms with E-state index in [4.69, 9.17) is 20.4 Å². The van der Waals surface area contributed by atoms with E-state index in [2.05, 4.69) is 14.9 Å². The summed E-state index contributed by atoms with van der Waals surface area (Å²) in [5.41, 5.74) is 8.11. The lowest BCUT2D eigenvalue weighted by Gasteiger charge is -2.30. The molecule has 1 atom stereocenters. The highest BCUT2D eigenvalue weighted by Crippen LogP contribution is 2.43. The smallest absolute Gasteiger partial charge is 0.250 e. The van der Waals surface area contributed by atoms with E-state index in [-0.39, 0.29) is 24.8 Å². The average Bonchev–Trinajstić information content (AvgIpc) is 3.31. The Labute approximate surface area is 167 Å². The van der Waals surface area contributed by atoms with Crippen molar-refractivity contribution in [2.24, 2.45) is 0 Å². The standard InChI is InChI=1S/C19H23F2N7O/c20-19(21)3-1-13(9-19)28-4-2-14-15(12-10-23-17(22)24-11-12)25-18(26-16(14)28)27-5-7-29-8-6-27/h10-11,13H,1-9H2,(H2,22,23,24). The van der Waals surface area contributed by atoms with Gasteiger partial charge < -0.3 is 20.3 Å². The summed E-state index contributed by atoms with van der Waals surface area (Å²) < 4.78 is 33.2. The molecule has 2 aromatic heterocycles. The number of ether oxygens (including phenoxy) is 1. The molecule has 0 spiro atoms. The molecule has 2 aromatic rings. The van der Waals surface area contributed by atoms with Gasteiger partial charge in [-0.3, -0.25) is 0 Å². The minimum absolute atomic E-state index is 0.0659. The number of nitrogens with two attached hydrogens (primary N) is 1. The Morgan fingerprint density at radius 2 is 1.86 bits per heavy atom. The van der Waals surface area contributed by atoms with E-state index in [0.29, 0.717) is 51.6 Å². The summed E-state index contributed by atoms with van der Waals surface area (Å²) in [5, 5.41) is 0. The maximum absolute atomic E-state index is 13.9. The van der Waals surface area contributed by atoms with E-state index in [1.165, 1.54) is 0 Å². The minimum atomic E-state index is -2.60. The molecule has 3 aliphatic rings. The first-order valence-corrected chi connectivity index (χ1v) is 9.96. The first-order chi connectivity index (χ1) is 14.0. The second-order valence-corrected chi connectivity index (χ2v) is 7.80. The maximum Gasteiger partial charge on any atom is 0.250 e. The highest BCUT2D eigenvalue weighted by molar-refractivity contribution is 5.72. The summed E-state index contributed by atoms with van der Waals surface area (Å²) >= 11 is 0. The van der Waals surface area contributed by atoms with Crippen LogP contribution in [0.1, 0.15) is 24.8 Å². The van der Waals surface area contributed by atoms with Crippen LogP contribution in [-0.2, 0) is 11.2 Å². The monoisotopic (exact) mass is 403 g/mol. The van der Waals surface area contributed by atoms with Crippen molar-refractivity contribution in [2.45, 2.75) is 37.6 Å². The molecule has 2 N–H and O–H groups in total. The molecular weight excluding hydrogens is 380 g/mol. The van der Waals surface area contributed by atoms with E-state index >= 15 is 0 Å². The number of nitrogen functional groups attached to an aromatic ring is 1. The normalized spacial score (nSPS) is 23.4. The molecular formula is C19H23F2N7O. The molecule has 0 aromatic carbocycles. The number of morpholine rings is 1. The van der Waals surface area contributed by atoms with E-state index in [9.17, 15) is 8.78 Å². The lowest BCUT2D eigenvalue weighted by molar-refractivity contribution is 0.00779. The molecule has 1 unspecified atom stereocenters. The SMILES string of the molecule is Nc1ncc(-c2nc(N3CCOCC3)nc3c2CCN3C2CCC(F)(F)C2)cn1. The van der Waals surface area contributed by atoms with Gasteiger partial charge in [-0.25, -0.2) is 23.7 Å². The number of nitrogens with zero attached hydrogens (tertiary/aromatic N) is 6. The summed E-state index contributed by atoms with van der Waals surface area (Å²) in [6.45, 7) is 3.27. The van der Waals surface area contributed by atoms with Crippen molar-refractivity contribution in [3.8, 4) is 11.3 Å². The van der Waals surface area contributed by atoms with Gasteiger partial charge in [0, 0.05) is 62.0 Å². The minimum Gasteiger partial charge on any atom is -0.378 e. The van der Waals surface area contributed by atoms with Gasteiger partial charge in [0.2, 0.25) is 17.8 Å². The van der Waals surface area contributed by atoms with Gasteiger partial charge in [0.25, 0.3) is 0 Å². The van der Waals surface area contributed by atoms with Gasteiger partial charge in [0.05, 0.1) is 18.9 Å². The molecule has 2 aliphatic heterocycles. The van der Waals surface area contributed by atoms with Gasteiger partial charge in [-0.2, -0.15) is 4.98 Å². The van der Waals surface area contributed by atoms with Crippen LogP contribution in [0, 0.1) is 0 Å². The maximum atomic E-state index is 13.9. The van der Waals surface area contributed by atoms with Crippen LogP contribution in [-0.4, -0.2) is 64.7 Å². The van der Waals surface area contributed by atoms with Crippen molar-refractivity contribution in [3.05, 3.63) is 18.0 Å². The van der Waals surface area contributed by atoms with Crippen LogP contribution < -0.4 is 15.5 Å². The van der Waals surface area contributed by atoms with Gasteiger partial charge >= 0.3 is 0 Å². The quantitative estimate of drug-likeness (QED) is 0.831. The number of hydrogen-bond donors (Lipinski definition) is 1. The third-order valence-corrected chi connectivity index (χ3v) is 5.91. The number of anilines is 3. The molecule has 0 amide bonds. The fraction of sp³-hybridized carbons (Fsp3) is 0.579. The molecule has 1 saturated heterocycles. The Bertz CT molecular complexity index is 902. The number of rotatable bonds is 3. The summed E-state index contributed by atoms with van der Waals surface area (Å²) in [7, 11) is 0. The first kappa shape index (κ1) is 18.4. The van der Waals surface area contributed by atoms with Crippen molar-refractivity contribution in [1.29, 1.82) is 0 Å². The molecule has 154 valence electrons. The van der Waals surface area contributed by atoms with Gasteiger partial charge in [-0.05, 0) is 12.8 Å². The Morgan fingerprint density at radius 3 is 2.55 bits per heavy atom. The average molecular weight is 403 g/mol. The fourth-order valence-electron chi connectivity index (χ4n) is 4.42. The van der Waals surface area contributed by atoms with Crippen LogP contribution in [0.5, 0.6) is 0 Å². The second-order valence-electron chi connectivity index (χ2n) is 7.80. The zero-order valence-electron chi connectivity index (χ0n) is 16.0. The van der Waals surface area contributed by atoms with Crippen molar-refractivity contribution >= 4 is 17.7 Å². The zero-order chi connectivity index (χ0) is 20.0. The molecule has 10 heteroatoms. The first-order valence-electron chi connectivity index (χ1n) is 9.96. The molecule has 0 bridgehead atoms. The van der Waals surface area contributed by atoms with Crippen molar-refractivity contribution < 1.29 is 13.5 Å². The number of halogens is 2. The highest BCUT2D eigenvalue weighted by atomic mass is 19.3. The van der Waals surface area contributed by atoms with Crippen LogP contribution >= 0.6 is 0 Å². The molecule has 29 heavy (non-hydrogen) atoms. The van der Waals surface area contributed by atoms with Gasteiger partial charge in [-0.1, -0.05) is 0 Å². The largest absolute Gasteiger partial charge is 0.378 e. The van der Waals surface area contributed by atoms with Crippen LogP contribution in [0.3, 0.4) is 0 Å². The third-order valence-electron chi connectivity index (χ3n) is 5.91. The predicted octanol–water partition coefficient (Wildman–Crippen LogP) is 1.90. The van der Waals surface area contributed by atoms with Gasteiger partial charge in [-0.15, -0.1) is 0 Å². The Hall–Kier alpha value is -2.62. The topological polar surface area (TPSA) is 93.3 Å². The summed E-state index contributed by atoms with van der Waals surface area (Å²) in [5.74, 6) is -1.05. The van der Waals surface area contributed by atoms with Crippen molar-refractivity contribution in [1.82, 2.24) is 19.9 Å². The number of aromatic nitrogens is 4. The zero-order valence-corrected chi connectivity index (χ0v) is 16.0. The van der Waals surface area contributed by atoms with E-state index in [1.54, 1.807) is 12.4 Å². The lowest BCUT2D eigenvalue weighted by atomic mass is 10.1. The lowest BCUT2D eigenvalue weighted by Crippen LogP contribution is -2.38. The van der Waals surface area contributed by atoms with E-state index in [0.717, 1.165) is 22.6 Å².